The van der Waals surface area contributed by atoms with E-state index in [1.807, 2.05) is 20.8 Å². The third kappa shape index (κ3) is 6.08. The van der Waals surface area contributed by atoms with Crippen LogP contribution in [0.4, 0.5) is 4.79 Å². The molecule has 23 heavy (non-hydrogen) atoms. The third-order valence-corrected chi connectivity index (χ3v) is 3.88. The van der Waals surface area contributed by atoms with Crippen molar-refractivity contribution in [3.8, 4) is 0 Å². The summed E-state index contributed by atoms with van der Waals surface area (Å²) in [6, 6.07) is 0.302. The summed E-state index contributed by atoms with van der Waals surface area (Å²) in [5.41, 5.74) is -0.514. The van der Waals surface area contributed by atoms with Crippen LogP contribution >= 0.6 is 0 Å². The van der Waals surface area contributed by atoms with Crippen molar-refractivity contribution in [2.75, 3.05) is 19.6 Å². The van der Waals surface area contributed by atoms with Crippen molar-refractivity contribution in [3.63, 3.8) is 0 Å². The zero-order valence-corrected chi connectivity index (χ0v) is 14.2. The molecule has 7 heteroatoms. The molecule has 0 aromatic rings. The molecule has 1 saturated carbocycles. The van der Waals surface area contributed by atoms with Crippen LogP contribution < -0.4 is 10.6 Å². The number of carbonyl (C=O) groups is 3. The first kappa shape index (κ1) is 17.6. The molecule has 0 radical (unpaired) electrons. The Labute approximate surface area is 137 Å². The van der Waals surface area contributed by atoms with Crippen LogP contribution in [0.2, 0.25) is 0 Å². The number of amides is 3. The Bertz CT molecular complexity index is 460. The Morgan fingerprint density at radius 2 is 1.70 bits per heavy atom. The number of piperidine rings is 1. The van der Waals surface area contributed by atoms with Gasteiger partial charge in [0.15, 0.2) is 0 Å². The van der Waals surface area contributed by atoms with Crippen LogP contribution in [-0.4, -0.2) is 54.1 Å². The van der Waals surface area contributed by atoms with Crippen LogP contribution in [0.3, 0.4) is 0 Å². The van der Waals surface area contributed by atoms with Crippen LogP contribution in [0, 0.1) is 5.92 Å². The van der Waals surface area contributed by atoms with Crippen molar-refractivity contribution in [3.05, 3.63) is 0 Å². The second-order valence-electron chi connectivity index (χ2n) is 7.30. The van der Waals surface area contributed by atoms with Crippen molar-refractivity contribution in [2.45, 2.75) is 58.1 Å². The number of likely N-dealkylation sites (tertiary alicyclic amines) is 1. The maximum absolute atomic E-state index is 12.1. The molecule has 2 rings (SSSR count). The highest BCUT2D eigenvalue weighted by molar-refractivity contribution is 5.86. The SMILES string of the molecule is CC(C)(C)OC(=O)N1CCC(C(=O)NCC(=O)NC2CC2)CC1. The van der Waals surface area contributed by atoms with Crippen LogP contribution in [0.1, 0.15) is 46.5 Å². The first-order chi connectivity index (χ1) is 10.7. The van der Waals surface area contributed by atoms with E-state index in [2.05, 4.69) is 10.6 Å². The number of rotatable bonds is 4. The van der Waals surface area contributed by atoms with Gasteiger partial charge in [-0.25, -0.2) is 4.79 Å². The minimum absolute atomic E-state index is 0.0294. The van der Waals surface area contributed by atoms with Gasteiger partial charge in [-0.3, -0.25) is 9.59 Å². The standard InChI is InChI=1S/C16H27N3O4/c1-16(2,3)23-15(22)19-8-6-11(7-9-19)14(21)17-10-13(20)18-12-4-5-12/h11-12H,4-10H2,1-3H3,(H,17,21)(H,18,20). The lowest BCUT2D eigenvalue weighted by Crippen LogP contribution is -2.46. The number of carbonyl (C=O) groups excluding carboxylic acids is 3. The van der Waals surface area contributed by atoms with Gasteiger partial charge in [0.25, 0.3) is 0 Å². The van der Waals surface area contributed by atoms with Crippen LogP contribution in [-0.2, 0) is 14.3 Å². The molecule has 0 spiro atoms. The number of nitrogens with one attached hydrogen (secondary N) is 2. The van der Waals surface area contributed by atoms with E-state index in [4.69, 9.17) is 4.74 Å². The van der Waals surface area contributed by atoms with Crippen molar-refractivity contribution in [1.29, 1.82) is 0 Å². The smallest absolute Gasteiger partial charge is 0.410 e. The summed E-state index contributed by atoms with van der Waals surface area (Å²) in [5, 5.41) is 5.51. The molecule has 0 aromatic carbocycles. The minimum Gasteiger partial charge on any atom is -0.444 e. The Morgan fingerprint density at radius 3 is 2.22 bits per heavy atom. The fourth-order valence-corrected chi connectivity index (χ4v) is 2.47. The van der Waals surface area contributed by atoms with E-state index in [0.717, 1.165) is 12.8 Å². The highest BCUT2D eigenvalue weighted by atomic mass is 16.6. The monoisotopic (exact) mass is 325 g/mol. The molecule has 1 aliphatic heterocycles. The van der Waals surface area contributed by atoms with E-state index >= 15 is 0 Å². The first-order valence-corrected chi connectivity index (χ1v) is 8.29. The zero-order valence-electron chi connectivity index (χ0n) is 14.2. The second kappa shape index (κ2) is 7.19. The lowest BCUT2D eigenvalue weighted by atomic mass is 9.96. The maximum atomic E-state index is 12.1. The molecule has 2 aliphatic rings. The highest BCUT2D eigenvalue weighted by Crippen LogP contribution is 2.20. The van der Waals surface area contributed by atoms with Crippen LogP contribution in [0.25, 0.3) is 0 Å². The predicted molar refractivity (Wildman–Crippen MR) is 84.7 cm³/mol. The molecule has 2 fully saturated rings. The van der Waals surface area contributed by atoms with Crippen molar-refractivity contribution in [1.82, 2.24) is 15.5 Å². The van der Waals surface area contributed by atoms with Gasteiger partial charge in [0, 0.05) is 25.0 Å². The van der Waals surface area contributed by atoms with Gasteiger partial charge in [-0.05, 0) is 46.5 Å². The molecule has 2 N–H and O–H groups in total. The molecule has 0 bridgehead atoms. The second-order valence-corrected chi connectivity index (χ2v) is 7.30. The van der Waals surface area contributed by atoms with Crippen LogP contribution in [0.5, 0.6) is 0 Å². The quantitative estimate of drug-likeness (QED) is 0.808. The van der Waals surface area contributed by atoms with E-state index < -0.39 is 5.60 Å². The summed E-state index contributed by atoms with van der Waals surface area (Å²) in [7, 11) is 0. The van der Waals surface area contributed by atoms with E-state index in [1.54, 1.807) is 4.90 Å². The average Bonchev–Trinajstić information content (AvgIpc) is 3.27. The molecule has 1 aliphatic carbocycles. The summed E-state index contributed by atoms with van der Waals surface area (Å²) in [4.78, 5) is 37.2. The van der Waals surface area contributed by atoms with E-state index in [-0.39, 0.29) is 30.4 Å². The van der Waals surface area contributed by atoms with Crippen molar-refractivity contribution < 1.29 is 19.1 Å². The highest BCUT2D eigenvalue weighted by Gasteiger charge is 2.30. The lowest BCUT2D eigenvalue weighted by Gasteiger charge is -2.32. The minimum atomic E-state index is -0.514. The lowest BCUT2D eigenvalue weighted by molar-refractivity contribution is -0.129. The van der Waals surface area contributed by atoms with Gasteiger partial charge < -0.3 is 20.3 Å². The summed E-state index contributed by atoms with van der Waals surface area (Å²) < 4.78 is 5.33. The molecular weight excluding hydrogens is 298 g/mol. The normalized spacial score (nSPS) is 19.2. The van der Waals surface area contributed by atoms with Gasteiger partial charge in [-0.15, -0.1) is 0 Å². The van der Waals surface area contributed by atoms with Crippen LogP contribution in [0.15, 0.2) is 0 Å². The fourth-order valence-electron chi connectivity index (χ4n) is 2.47. The number of hydrogen-bond donors (Lipinski definition) is 2. The Hall–Kier alpha value is -1.79. The summed E-state index contributed by atoms with van der Waals surface area (Å²) in [6.07, 6.45) is 2.91. The van der Waals surface area contributed by atoms with E-state index in [0.29, 0.717) is 32.0 Å². The predicted octanol–water partition coefficient (Wildman–Crippen LogP) is 1.03. The molecule has 7 nitrogen and oxygen atoms in total. The first-order valence-electron chi connectivity index (χ1n) is 8.29. The summed E-state index contributed by atoms with van der Waals surface area (Å²) in [6.45, 7) is 6.53. The van der Waals surface area contributed by atoms with Gasteiger partial charge in [0.2, 0.25) is 11.8 Å². The molecule has 3 amide bonds. The van der Waals surface area contributed by atoms with Gasteiger partial charge in [-0.1, -0.05) is 0 Å². The topological polar surface area (TPSA) is 87.7 Å². The Balaban J connectivity index is 1.67. The molecule has 0 aromatic heterocycles. The molecule has 130 valence electrons. The molecule has 0 atom stereocenters. The molecular formula is C16H27N3O4. The fraction of sp³-hybridized carbons (Fsp3) is 0.812. The summed E-state index contributed by atoms with van der Waals surface area (Å²) >= 11 is 0. The van der Waals surface area contributed by atoms with Gasteiger partial charge in [0.05, 0.1) is 6.54 Å². The Kier molecular flexibility index (Phi) is 5.49. The average molecular weight is 325 g/mol. The van der Waals surface area contributed by atoms with Gasteiger partial charge >= 0.3 is 6.09 Å². The van der Waals surface area contributed by atoms with E-state index in [1.165, 1.54) is 0 Å². The largest absolute Gasteiger partial charge is 0.444 e. The Morgan fingerprint density at radius 1 is 1.09 bits per heavy atom. The zero-order chi connectivity index (χ0) is 17.0. The maximum Gasteiger partial charge on any atom is 0.410 e. The van der Waals surface area contributed by atoms with E-state index in [9.17, 15) is 14.4 Å². The van der Waals surface area contributed by atoms with Gasteiger partial charge in [0.1, 0.15) is 5.60 Å². The number of nitrogens with zero attached hydrogens (tertiary/aromatic N) is 1. The molecule has 0 unspecified atom stereocenters. The number of hydrogen-bond acceptors (Lipinski definition) is 4. The third-order valence-electron chi connectivity index (χ3n) is 3.88. The molecule has 1 heterocycles. The molecule has 1 saturated heterocycles. The number of ether oxygens (including phenoxy) is 1. The summed E-state index contributed by atoms with van der Waals surface area (Å²) in [5.74, 6) is -0.394. The van der Waals surface area contributed by atoms with Crippen molar-refractivity contribution >= 4 is 17.9 Å². The van der Waals surface area contributed by atoms with Gasteiger partial charge in [-0.2, -0.15) is 0 Å². The van der Waals surface area contributed by atoms with Crippen molar-refractivity contribution in [2.24, 2.45) is 5.92 Å².